The van der Waals surface area contributed by atoms with Gasteiger partial charge >= 0.3 is 0 Å². The maximum Gasteiger partial charge on any atom is 0.225 e. The maximum absolute atomic E-state index is 12.4. The molecule has 2 aromatic rings. The van der Waals surface area contributed by atoms with Crippen LogP contribution in [0.2, 0.25) is 0 Å². The predicted molar refractivity (Wildman–Crippen MR) is 97.1 cm³/mol. The summed E-state index contributed by atoms with van der Waals surface area (Å²) in [5.74, 6) is 0.299. The number of carbonyl (C=O) groups is 2. The SMILES string of the molecule is Cc1ccc(CN2C[C@@H](C(=O)NCc3cc(C4CC4)n[nH]3)CC2=O)cc1. The van der Waals surface area contributed by atoms with Crippen molar-refractivity contribution < 1.29 is 9.59 Å². The van der Waals surface area contributed by atoms with Crippen molar-refractivity contribution >= 4 is 11.8 Å². The largest absolute Gasteiger partial charge is 0.350 e. The van der Waals surface area contributed by atoms with E-state index in [4.69, 9.17) is 0 Å². The van der Waals surface area contributed by atoms with Crippen molar-refractivity contribution in [3.63, 3.8) is 0 Å². The van der Waals surface area contributed by atoms with E-state index >= 15 is 0 Å². The minimum Gasteiger partial charge on any atom is -0.350 e. The van der Waals surface area contributed by atoms with Crippen LogP contribution < -0.4 is 5.32 Å². The van der Waals surface area contributed by atoms with E-state index in [0.717, 1.165) is 17.0 Å². The Hall–Kier alpha value is -2.63. The van der Waals surface area contributed by atoms with Gasteiger partial charge in [0.15, 0.2) is 0 Å². The third-order valence-electron chi connectivity index (χ3n) is 5.18. The van der Waals surface area contributed by atoms with Crippen LogP contribution >= 0.6 is 0 Å². The van der Waals surface area contributed by atoms with Crippen LogP contribution in [-0.4, -0.2) is 33.5 Å². The number of benzene rings is 1. The second kappa shape index (κ2) is 6.94. The molecule has 2 aliphatic rings. The number of rotatable bonds is 6. The van der Waals surface area contributed by atoms with Crippen molar-refractivity contribution in [2.75, 3.05) is 6.54 Å². The van der Waals surface area contributed by atoms with Crippen LogP contribution in [0.15, 0.2) is 30.3 Å². The summed E-state index contributed by atoms with van der Waals surface area (Å²) in [7, 11) is 0. The zero-order valence-corrected chi connectivity index (χ0v) is 15.0. The zero-order chi connectivity index (χ0) is 18.1. The summed E-state index contributed by atoms with van der Waals surface area (Å²) in [5.41, 5.74) is 4.30. The molecule has 0 bridgehead atoms. The van der Waals surface area contributed by atoms with Crippen LogP contribution in [0.1, 0.15) is 47.7 Å². The van der Waals surface area contributed by atoms with Crippen LogP contribution in [0, 0.1) is 12.8 Å². The standard InChI is InChI=1S/C20H24N4O2/c1-13-2-4-14(5-3-13)11-24-12-16(8-19(24)25)20(26)21-10-17-9-18(23-22-17)15-6-7-15/h2-5,9,15-16H,6-8,10-12H2,1H3,(H,21,26)(H,22,23)/t16-/m0/s1. The third kappa shape index (κ3) is 3.79. The van der Waals surface area contributed by atoms with Crippen molar-refractivity contribution in [1.29, 1.82) is 0 Å². The van der Waals surface area contributed by atoms with Gasteiger partial charge in [-0.25, -0.2) is 0 Å². The first-order valence-corrected chi connectivity index (χ1v) is 9.23. The molecule has 2 fully saturated rings. The summed E-state index contributed by atoms with van der Waals surface area (Å²) in [5, 5.41) is 10.2. The second-order valence-corrected chi connectivity index (χ2v) is 7.47. The monoisotopic (exact) mass is 352 g/mol. The normalized spacial score (nSPS) is 19.8. The van der Waals surface area contributed by atoms with Crippen molar-refractivity contribution in [3.8, 4) is 0 Å². The zero-order valence-electron chi connectivity index (χ0n) is 15.0. The molecule has 136 valence electrons. The first-order valence-electron chi connectivity index (χ1n) is 9.23. The lowest BCUT2D eigenvalue weighted by atomic mass is 10.1. The molecule has 0 spiro atoms. The van der Waals surface area contributed by atoms with Gasteiger partial charge in [-0.15, -0.1) is 0 Å². The van der Waals surface area contributed by atoms with Crippen LogP contribution in [-0.2, 0) is 22.7 Å². The number of carbonyl (C=O) groups excluding carboxylic acids is 2. The molecule has 2 amide bonds. The molecule has 2 N–H and O–H groups in total. The third-order valence-corrected chi connectivity index (χ3v) is 5.18. The van der Waals surface area contributed by atoms with E-state index in [9.17, 15) is 9.59 Å². The van der Waals surface area contributed by atoms with Gasteiger partial charge in [-0.3, -0.25) is 14.7 Å². The van der Waals surface area contributed by atoms with E-state index in [2.05, 4.69) is 15.5 Å². The lowest BCUT2D eigenvalue weighted by Crippen LogP contribution is -2.32. The molecule has 26 heavy (non-hydrogen) atoms. The quantitative estimate of drug-likeness (QED) is 0.837. The van der Waals surface area contributed by atoms with E-state index in [-0.39, 0.29) is 24.2 Å². The number of likely N-dealkylation sites (tertiary alicyclic amines) is 1. The second-order valence-electron chi connectivity index (χ2n) is 7.47. The van der Waals surface area contributed by atoms with E-state index in [1.165, 1.54) is 18.4 Å². The summed E-state index contributed by atoms with van der Waals surface area (Å²) in [6.07, 6.45) is 2.70. The molecule has 1 aromatic heterocycles. The molecule has 1 aliphatic carbocycles. The highest BCUT2D eigenvalue weighted by molar-refractivity contribution is 5.89. The van der Waals surface area contributed by atoms with Gasteiger partial charge in [-0.05, 0) is 31.4 Å². The highest BCUT2D eigenvalue weighted by Crippen LogP contribution is 2.38. The lowest BCUT2D eigenvalue weighted by Gasteiger charge is -2.16. The number of hydrogen-bond donors (Lipinski definition) is 2. The molecule has 6 nitrogen and oxygen atoms in total. The number of aromatic amines is 1. The number of aryl methyl sites for hydroxylation is 1. The highest BCUT2D eigenvalue weighted by Gasteiger charge is 2.34. The Morgan fingerprint density at radius 1 is 1.31 bits per heavy atom. The minimum absolute atomic E-state index is 0.0447. The fourth-order valence-electron chi connectivity index (χ4n) is 3.40. The summed E-state index contributed by atoms with van der Waals surface area (Å²) in [6, 6.07) is 10.2. The van der Waals surface area contributed by atoms with E-state index < -0.39 is 0 Å². The Morgan fingerprint density at radius 2 is 2.08 bits per heavy atom. The highest BCUT2D eigenvalue weighted by atomic mass is 16.2. The number of hydrogen-bond acceptors (Lipinski definition) is 3. The molecular formula is C20H24N4O2. The molecule has 1 saturated heterocycles. The van der Waals surface area contributed by atoms with Crippen LogP contribution in [0.25, 0.3) is 0 Å². The van der Waals surface area contributed by atoms with Crippen LogP contribution in [0.3, 0.4) is 0 Å². The molecule has 1 aromatic carbocycles. The average Bonchev–Trinajstić information content (AvgIpc) is 3.27. The van der Waals surface area contributed by atoms with E-state index in [0.29, 0.717) is 25.6 Å². The fourth-order valence-corrected chi connectivity index (χ4v) is 3.40. The number of aromatic nitrogens is 2. The van der Waals surface area contributed by atoms with Crippen molar-refractivity contribution in [1.82, 2.24) is 20.4 Å². The number of nitrogens with zero attached hydrogens (tertiary/aromatic N) is 2. The van der Waals surface area contributed by atoms with Gasteiger partial charge in [0.25, 0.3) is 0 Å². The number of H-pyrrole nitrogens is 1. The Labute approximate surface area is 153 Å². The van der Waals surface area contributed by atoms with Crippen molar-refractivity contribution in [2.24, 2.45) is 5.92 Å². The Kier molecular flexibility index (Phi) is 4.49. The molecule has 0 unspecified atom stereocenters. The van der Waals surface area contributed by atoms with Crippen LogP contribution in [0.4, 0.5) is 0 Å². The van der Waals surface area contributed by atoms with Gasteiger partial charge < -0.3 is 10.2 Å². The van der Waals surface area contributed by atoms with E-state index in [1.807, 2.05) is 37.3 Å². The molecular weight excluding hydrogens is 328 g/mol. The Morgan fingerprint density at radius 3 is 2.81 bits per heavy atom. The summed E-state index contributed by atoms with van der Waals surface area (Å²) < 4.78 is 0. The molecule has 4 rings (SSSR count). The maximum atomic E-state index is 12.4. The molecule has 1 aliphatic heterocycles. The summed E-state index contributed by atoms with van der Waals surface area (Å²) >= 11 is 0. The van der Waals surface area contributed by atoms with Gasteiger partial charge in [0.1, 0.15) is 0 Å². The molecule has 2 heterocycles. The predicted octanol–water partition coefficient (Wildman–Crippen LogP) is 2.26. The summed E-state index contributed by atoms with van der Waals surface area (Å²) in [6.45, 7) is 3.52. The summed E-state index contributed by atoms with van der Waals surface area (Å²) in [4.78, 5) is 26.5. The Bertz CT molecular complexity index is 807. The first kappa shape index (κ1) is 16.8. The lowest BCUT2D eigenvalue weighted by molar-refractivity contribution is -0.129. The molecule has 0 radical (unpaired) electrons. The Balaban J connectivity index is 1.29. The van der Waals surface area contributed by atoms with Gasteiger partial charge in [0.2, 0.25) is 11.8 Å². The first-order chi connectivity index (χ1) is 12.6. The van der Waals surface area contributed by atoms with Gasteiger partial charge in [-0.2, -0.15) is 5.10 Å². The minimum atomic E-state index is -0.279. The fraction of sp³-hybridized carbons (Fsp3) is 0.450. The van der Waals surface area contributed by atoms with Gasteiger partial charge in [0, 0.05) is 25.4 Å². The van der Waals surface area contributed by atoms with Crippen molar-refractivity contribution in [3.05, 3.63) is 52.8 Å². The molecule has 6 heteroatoms. The number of amides is 2. The average molecular weight is 352 g/mol. The van der Waals surface area contributed by atoms with Gasteiger partial charge in [-0.1, -0.05) is 29.8 Å². The van der Waals surface area contributed by atoms with Gasteiger partial charge in [0.05, 0.1) is 23.9 Å². The van der Waals surface area contributed by atoms with E-state index in [1.54, 1.807) is 4.90 Å². The smallest absolute Gasteiger partial charge is 0.225 e. The molecule has 1 atom stereocenters. The number of nitrogens with one attached hydrogen (secondary N) is 2. The molecule has 1 saturated carbocycles. The van der Waals surface area contributed by atoms with Crippen LogP contribution in [0.5, 0.6) is 0 Å². The topological polar surface area (TPSA) is 78.1 Å². The van der Waals surface area contributed by atoms with Crippen molar-refractivity contribution in [2.45, 2.75) is 45.2 Å².